The largest absolute Gasteiger partial charge is 0.497 e. The fraction of sp³-hybridized carbons (Fsp3) is 0.304. The first-order chi connectivity index (χ1) is 15.0. The number of halogens is 1. The van der Waals surface area contributed by atoms with Crippen molar-refractivity contribution < 1.29 is 23.8 Å². The molecule has 1 aromatic heterocycles. The third kappa shape index (κ3) is 4.86. The summed E-state index contributed by atoms with van der Waals surface area (Å²) in [4.78, 5) is 14.6. The lowest BCUT2D eigenvalue weighted by Crippen LogP contribution is -2.32. The average Bonchev–Trinajstić information content (AvgIpc) is 3.21. The Morgan fingerprint density at radius 2 is 1.87 bits per heavy atom. The zero-order chi connectivity index (χ0) is 21.8. The van der Waals surface area contributed by atoms with Gasteiger partial charge in [-0.2, -0.15) is 5.10 Å². The Bertz CT molecular complexity index is 1040. The molecule has 1 fully saturated rings. The average molecular weight is 425 g/mol. The zero-order valence-electron chi connectivity index (χ0n) is 17.1. The third-order valence-electron chi connectivity index (χ3n) is 5.37. The van der Waals surface area contributed by atoms with Crippen molar-refractivity contribution in [2.24, 2.45) is 0 Å². The highest BCUT2D eigenvalue weighted by atomic mass is 19.1. The van der Waals surface area contributed by atoms with Crippen LogP contribution < -0.4 is 9.47 Å². The number of rotatable bonds is 5. The molecule has 2 N–H and O–H groups in total. The molecule has 0 radical (unpaired) electrons. The Kier molecular flexibility index (Phi) is 6.18. The summed E-state index contributed by atoms with van der Waals surface area (Å²) in [5.74, 6) is 0.758. The number of carbonyl (C=O) groups excluding carboxylic acids is 1. The highest BCUT2D eigenvalue weighted by Gasteiger charge is 2.29. The van der Waals surface area contributed by atoms with E-state index in [0.717, 1.165) is 5.56 Å². The molecule has 7 nitrogen and oxygen atoms in total. The number of aliphatic hydroxyl groups is 1. The van der Waals surface area contributed by atoms with E-state index in [9.17, 15) is 14.3 Å². The van der Waals surface area contributed by atoms with Gasteiger partial charge in [0.15, 0.2) is 0 Å². The minimum Gasteiger partial charge on any atom is -0.497 e. The van der Waals surface area contributed by atoms with Crippen molar-refractivity contribution in [1.29, 1.82) is 0 Å². The van der Waals surface area contributed by atoms with Gasteiger partial charge in [0.25, 0.3) is 5.91 Å². The van der Waals surface area contributed by atoms with Crippen LogP contribution in [0.5, 0.6) is 11.5 Å². The molecular formula is C23H24FN3O4. The van der Waals surface area contributed by atoms with Crippen LogP contribution in [0.4, 0.5) is 4.39 Å². The van der Waals surface area contributed by atoms with Gasteiger partial charge in [0.05, 0.1) is 18.9 Å². The molecular weight excluding hydrogens is 401 g/mol. The van der Waals surface area contributed by atoms with Crippen LogP contribution in [0, 0.1) is 5.82 Å². The minimum absolute atomic E-state index is 0.199. The number of amides is 1. The molecule has 31 heavy (non-hydrogen) atoms. The van der Waals surface area contributed by atoms with Gasteiger partial charge >= 0.3 is 0 Å². The molecule has 0 unspecified atom stereocenters. The number of nitrogens with zero attached hydrogens (tertiary/aromatic N) is 2. The third-order valence-corrected chi connectivity index (χ3v) is 5.37. The lowest BCUT2D eigenvalue weighted by Gasteiger charge is -2.22. The summed E-state index contributed by atoms with van der Waals surface area (Å²) in [6.45, 7) is 0.846. The molecule has 1 saturated heterocycles. The van der Waals surface area contributed by atoms with Crippen molar-refractivity contribution in [3.63, 3.8) is 0 Å². The van der Waals surface area contributed by atoms with Gasteiger partial charge in [0, 0.05) is 31.1 Å². The van der Waals surface area contributed by atoms with Crippen LogP contribution in [0.25, 0.3) is 11.3 Å². The second kappa shape index (κ2) is 9.18. The fourth-order valence-corrected chi connectivity index (χ4v) is 3.62. The summed E-state index contributed by atoms with van der Waals surface area (Å²) in [6, 6.07) is 14.8. The molecule has 4 rings (SSSR count). The van der Waals surface area contributed by atoms with Crippen molar-refractivity contribution in [3.8, 4) is 22.8 Å². The predicted molar refractivity (Wildman–Crippen MR) is 113 cm³/mol. The summed E-state index contributed by atoms with van der Waals surface area (Å²) in [6.07, 6.45) is -0.232. The summed E-state index contributed by atoms with van der Waals surface area (Å²) < 4.78 is 24.3. The standard InChI is InChI=1S/C23H24FN3O4/c1-30-17-3-2-4-18(13-17)31-22-10-12-27(11-9-21(22)28)23(29)20-14-19(25-26-20)15-5-7-16(24)8-6-15/h2-8,13-14,21-22,28H,9-12H2,1H3,(H,25,26)/t21-,22-/m0/s1. The molecule has 0 spiro atoms. The number of hydrogen-bond donors (Lipinski definition) is 2. The number of aromatic nitrogens is 2. The fourth-order valence-electron chi connectivity index (χ4n) is 3.62. The molecule has 1 amide bonds. The number of H-pyrrole nitrogens is 1. The van der Waals surface area contributed by atoms with E-state index in [2.05, 4.69) is 10.2 Å². The Hall–Kier alpha value is -3.39. The van der Waals surface area contributed by atoms with Gasteiger partial charge in [-0.25, -0.2) is 4.39 Å². The maximum Gasteiger partial charge on any atom is 0.271 e. The molecule has 1 aliphatic heterocycles. The van der Waals surface area contributed by atoms with Crippen molar-refractivity contribution in [1.82, 2.24) is 15.1 Å². The number of hydrogen-bond acceptors (Lipinski definition) is 5. The number of ether oxygens (including phenoxy) is 2. The van der Waals surface area contributed by atoms with E-state index in [-0.39, 0.29) is 11.7 Å². The first-order valence-electron chi connectivity index (χ1n) is 10.1. The Morgan fingerprint density at radius 1 is 1.13 bits per heavy atom. The van der Waals surface area contributed by atoms with E-state index < -0.39 is 12.2 Å². The van der Waals surface area contributed by atoms with Gasteiger partial charge < -0.3 is 19.5 Å². The minimum atomic E-state index is -0.694. The summed E-state index contributed by atoms with van der Waals surface area (Å²) in [7, 11) is 1.58. The van der Waals surface area contributed by atoms with Crippen LogP contribution >= 0.6 is 0 Å². The van der Waals surface area contributed by atoms with Crippen LogP contribution in [0.3, 0.4) is 0 Å². The molecule has 0 saturated carbocycles. The number of aliphatic hydroxyl groups excluding tert-OH is 1. The Balaban J connectivity index is 1.42. The molecule has 1 aliphatic rings. The summed E-state index contributed by atoms with van der Waals surface area (Å²) in [5, 5.41) is 17.5. The predicted octanol–water partition coefficient (Wildman–Crippen LogP) is 3.27. The van der Waals surface area contributed by atoms with E-state index in [1.807, 2.05) is 18.2 Å². The van der Waals surface area contributed by atoms with Crippen molar-refractivity contribution >= 4 is 5.91 Å². The van der Waals surface area contributed by atoms with Crippen molar-refractivity contribution in [2.75, 3.05) is 20.2 Å². The van der Waals surface area contributed by atoms with Gasteiger partial charge in [-0.3, -0.25) is 9.89 Å². The van der Waals surface area contributed by atoms with Crippen molar-refractivity contribution in [3.05, 3.63) is 66.1 Å². The molecule has 0 bridgehead atoms. The Labute approximate surface area is 179 Å². The number of methoxy groups -OCH3 is 1. The number of carbonyl (C=O) groups is 1. The second-order valence-corrected chi connectivity index (χ2v) is 7.45. The van der Waals surface area contributed by atoms with Crippen LogP contribution in [-0.4, -0.2) is 58.5 Å². The van der Waals surface area contributed by atoms with Gasteiger partial charge in [-0.05, 0) is 48.9 Å². The molecule has 3 aromatic rings. The number of aromatic amines is 1. The zero-order valence-corrected chi connectivity index (χ0v) is 17.1. The number of benzene rings is 2. The highest BCUT2D eigenvalue weighted by molar-refractivity contribution is 5.93. The number of nitrogens with one attached hydrogen (secondary N) is 1. The molecule has 8 heteroatoms. The maximum atomic E-state index is 13.1. The molecule has 2 aromatic carbocycles. The van der Waals surface area contributed by atoms with E-state index in [1.165, 1.54) is 12.1 Å². The lowest BCUT2D eigenvalue weighted by atomic mass is 10.1. The van der Waals surface area contributed by atoms with Gasteiger partial charge in [-0.1, -0.05) is 6.07 Å². The molecule has 2 atom stereocenters. The molecule has 162 valence electrons. The van der Waals surface area contributed by atoms with E-state index in [1.54, 1.807) is 36.3 Å². The van der Waals surface area contributed by atoms with Gasteiger partial charge in [-0.15, -0.1) is 0 Å². The maximum absolute atomic E-state index is 13.1. The van der Waals surface area contributed by atoms with E-state index in [4.69, 9.17) is 9.47 Å². The Morgan fingerprint density at radius 3 is 2.65 bits per heavy atom. The summed E-state index contributed by atoms with van der Waals surface area (Å²) >= 11 is 0. The monoisotopic (exact) mass is 425 g/mol. The SMILES string of the molecule is COc1cccc(O[C@H]2CCN(C(=O)c3cc(-c4ccc(F)cc4)n[nH]3)CC[C@@H]2O)c1. The first kappa shape index (κ1) is 20.9. The van der Waals surface area contributed by atoms with Crippen LogP contribution in [0.2, 0.25) is 0 Å². The van der Waals surface area contributed by atoms with Crippen LogP contribution in [0.15, 0.2) is 54.6 Å². The van der Waals surface area contributed by atoms with Crippen molar-refractivity contribution in [2.45, 2.75) is 25.0 Å². The van der Waals surface area contributed by atoms with Gasteiger partial charge in [0.1, 0.15) is 29.1 Å². The lowest BCUT2D eigenvalue weighted by molar-refractivity contribution is 0.0349. The molecule has 0 aliphatic carbocycles. The highest BCUT2D eigenvalue weighted by Crippen LogP contribution is 2.24. The smallest absolute Gasteiger partial charge is 0.271 e. The summed E-state index contributed by atoms with van der Waals surface area (Å²) in [5.41, 5.74) is 1.63. The second-order valence-electron chi connectivity index (χ2n) is 7.45. The van der Waals surface area contributed by atoms with Crippen LogP contribution in [-0.2, 0) is 0 Å². The topological polar surface area (TPSA) is 87.7 Å². The molecule has 2 heterocycles. The number of likely N-dealkylation sites (tertiary alicyclic amines) is 1. The van der Waals surface area contributed by atoms with Gasteiger partial charge in [0.2, 0.25) is 0 Å². The van der Waals surface area contributed by atoms with Crippen LogP contribution in [0.1, 0.15) is 23.3 Å². The quantitative estimate of drug-likeness (QED) is 0.655. The first-order valence-corrected chi connectivity index (χ1v) is 10.1. The van der Waals surface area contributed by atoms with E-state index >= 15 is 0 Å². The normalized spacial score (nSPS) is 19.0. The van der Waals surface area contributed by atoms with E-state index in [0.29, 0.717) is 48.8 Å².